The molecule has 1 unspecified atom stereocenters. The van der Waals surface area contributed by atoms with Gasteiger partial charge < -0.3 is 9.47 Å². The summed E-state index contributed by atoms with van der Waals surface area (Å²) in [6, 6.07) is 47.7. The van der Waals surface area contributed by atoms with Gasteiger partial charge in [-0.15, -0.1) is 0 Å². The quantitative estimate of drug-likeness (QED) is 0.164. The average molecular weight is 749 g/mol. The molecule has 0 saturated carbocycles. The van der Waals surface area contributed by atoms with Gasteiger partial charge >= 0.3 is 0 Å². The van der Waals surface area contributed by atoms with E-state index in [0.29, 0.717) is 0 Å². The maximum absolute atomic E-state index is 6.87. The molecule has 9 aromatic rings. The summed E-state index contributed by atoms with van der Waals surface area (Å²) >= 11 is 0. The number of benzene rings is 9. The van der Waals surface area contributed by atoms with E-state index in [2.05, 4.69) is 181 Å². The van der Waals surface area contributed by atoms with E-state index in [1.807, 2.05) is 0 Å². The van der Waals surface area contributed by atoms with Crippen LogP contribution in [0.4, 0.5) is 0 Å². The molecule has 0 spiro atoms. The van der Waals surface area contributed by atoms with Crippen LogP contribution in [0.1, 0.15) is 76.3 Å². The second-order valence-corrected chi connectivity index (χ2v) is 18.7. The molecule has 1 atom stereocenters. The minimum Gasteiger partial charge on any atom is -0.485 e. The molecule has 0 fully saturated rings. The van der Waals surface area contributed by atoms with Crippen LogP contribution in [-0.2, 0) is 10.8 Å². The fourth-order valence-corrected chi connectivity index (χ4v) is 10.5. The predicted molar refractivity (Wildman–Crippen MR) is 244 cm³/mol. The Labute approximate surface area is 339 Å². The van der Waals surface area contributed by atoms with Crippen molar-refractivity contribution >= 4 is 49.2 Å². The second-order valence-electron chi connectivity index (χ2n) is 18.7. The molecule has 2 aliphatic heterocycles. The third-order valence-corrected chi connectivity index (χ3v) is 13.2. The molecule has 0 bridgehead atoms. The smallest absolute Gasteiger partial charge is 0.135 e. The minimum absolute atomic E-state index is 0.0382. The highest BCUT2D eigenvalue weighted by molar-refractivity contribution is 6.30. The molecule has 12 rings (SSSR count). The lowest BCUT2D eigenvalue weighted by molar-refractivity contribution is 0.204. The van der Waals surface area contributed by atoms with Crippen LogP contribution in [0.15, 0.2) is 133 Å². The van der Waals surface area contributed by atoms with E-state index in [1.165, 1.54) is 104 Å². The Morgan fingerprint density at radius 1 is 0.448 bits per heavy atom. The van der Waals surface area contributed by atoms with Crippen molar-refractivity contribution in [1.82, 2.24) is 0 Å². The molecule has 1 aliphatic carbocycles. The number of fused-ring (bicyclic) bond motifs is 4. The summed E-state index contributed by atoms with van der Waals surface area (Å²) in [4.78, 5) is 0. The van der Waals surface area contributed by atoms with Crippen molar-refractivity contribution < 1.29 is 9.47 Å². The van der Waals surface area contributed by atoms with Crippen LogP contribution in [0, 0.1) is 0 Å². The number of hydrogen-bond acceptors (Lipinski definition) is 2. The molecule has 0 amide bonds. The lowest BCUT2D eigenvalue weighted by Crippen LogP contribution is -2.17. The molecule has 3 aliphatic rings. The van der Waals surface area contributed by atoms with Gasteiger partial charge in [-0.3, -0.25) is 0 Å². The maximum atomic E-state index is 6.87. The first-order valence-corrected chi connectivity index (χ1v) is 20.8. The third-order valence-electron chi connectivity index (χ3n) is 13.2. The number of hydrogen-bond donors (Lipinski definition) is 0. The molecule has 2 nitrogen and oxygen atoms in total. The van der Waals surface area contributed by atoms with E-state index in [0.717, 1.165) is 29.2 Å². The third kappa shape index (κ3) is 4.66. The molecule has 9 aromatic carbocycles. The van der Waals surface area contributed by atoms with Crippen molar-refractivity contribution in [3.63, 3.8) is 0 Å². The van der Waals surface area contributed by atoms with E-state index in [9.17, 15) is 0 Å². The van der Waals surface area contributed by atoms with Gasteiger partial charge in [0.2, 0.25) is 0 Å². The van der Waals surface area contributed by atoms with Crippen LogP contribution in [0.2, 0.25) is 0 Å². The van der Waals surface area contributed by atoms with Crippen molar-refractivity contribution in [1.29, 1.82) is 0 Å². The number of ether oxygens (including phenoxy) is 2. The van der Waals surface area contributed by atoms with Crippen molar-refractivity contribution in [2.24, 2.45) is 0 Å². The van der Waals surface area contributed by atoms with Crippen LogP contribution < -0.4 is 9.47 Å². The van der Waals surface area contributed by atoms with E-state index < -0.39 is 0 Å². The standard InChI is InChI=1S/C56H44O2/c1-55(2,3)45-29-43(32-20-21-35-37-15-9-12-31-13-10-19-48(51(31)37)58-50(35)28-32)39-22-24-42-46(56(4,5)6)30-44(40-23-25-41(45)53(39)54(40)42)33-26-27-49-52-36(33)16-11-17-38(52)34-14-7-8-18-47(34)57-49/h7-18,20-30,48H,19H2,1-6H3. The molecule has 2 heterocycles. The summed E-state index contributed by atoms with van der Waals surface area (Å²) in [6.45, 7) is 14.1. The second kappa shape index (κ2) is 11.6. The first kappa shape index (κ1) is 33.7. The molecule has 0 N–H and O–H groups in total. The van der Waals surface area contributed by atoms with Gasteiger partial charge in [-0.25, -0.2) is 0 Å². The highest BCUT2D eigenvalue weighted by Gasteiger charge is 2.31. The van der Waals surface area contributed by atoms with E-state index in [1.54, 1.807) is 0 Å². The zero-order valence-electron chi connectivity index (χ0n) is 33.9. The number of para-hydroxylation sites is 1. The van der Waals surface area contributed by atoms with E-state index in [4.69, 9.17) is 9.47 Å². The van der Waals surface area contributed by atoms with Crippen LogP contribution in [0.3, 0.4) is 0 Å². The lowest BCUT2D eigenvalue weighted by atomic mass is 9.75. The Bertz CT molecular complexity index is 3270. The number of rotatable bonds is 2. The maximum Gasteiger partial charge on any atom is 0.135 e. The van der Waals surface area contributed by atoms with Crippen LogP contribution in [0.5, 0.6) is 17.2 Å². The van der Waals surface area contributed by atoms with Gasteiger partial charge in [0.05, 0.1) is 0 Å². The molecule has 280 valence electrons. The van der Waals surface area contributed by atoms with E-state index >= 15 is 0 Å². The summed E-state index contributed by atoms with van der Waals surface area (Å²) in [5.74, 6) is 2.80. The van der Waals surface area contributed by atoms with Gasteiger partial charge in [-0.05, 0) is 129 Å². The Balaban J connectivity index is 1.15. The van der Waals surface area contributed by atoms with Gasteiger partial charge in [0.25, 0.3) is 0 Å². The Morgan fingerprint density at radius 3 is 1.84 bits per heavy atom. The topological polar surface area (TPSA) is 18.5 Å². The SMILES string of the molecule is CC(C)(C)c1cc(-c2ccc3c(c2)OC2CC=Cc4cccc-3c42)c2ccc3c(C(C)(C)C)cc(-c4ccc5c6c(cccc46)-c4ccccc4O5)c4ccc1c2c43. The van der Waals surface area contributed by atoms with Gasteiger partial charge in [0.15, 0.2) is 0 Å². The Hall–Kier alpha value is -6.38. The van der Waals surface area contributed by atoms with Gasteiger partial charge in [0, 0.05) is 28.5 Å². The van der Waals surface area contributed by atoms with Crippen molar-refractivity contribution in [2.45, 2.75) is 64.9 Å². The highest BCUT2D eigenvalue weighted by Crippen LogP contribution is 2.53. The summed E-state index contributed by atoms with van der Waals surface area (Å²) in [5, 5.41) is 10.3. The van der Waals surface area contributed by atoms with Crippen molar-refractivity contribution in [2.75, 3.05) is 0 Å². The summed E-state index contributed by atoms with van der Waals surface area (Å²) < 4.78 is 13.4. The predicted octanol–water partition coefficient (Wildman–Crippen LogP) is 16.0. The molecular formula is C56H44O2. The molecule has 0 radical (unpaired) electrons. The fourth-order valence-electron chi connectivity index (χ4n) is 10.5. The minimum atomic E-state index is -0.0958. The normalized spacial score (nSPS) is 15.4. The van der Waals surface area contributed by atoms with Gasteiger partial charge in [-0.1, -0.05) is 151 Å². The van der Waals surface area contributed by atoms with E-state index in [-0.39, 0.29) is 16.9 Å². The summed E-state index contributed by atoms with van der Waals surface area (Å²) in [5.41, 5.74) is 14.9. The molecule has 2 heteroatoms. The van der Waals surface area contributed by atoms with Gasteiger partial charge in [0.1, 0.15) is 23.4 Å². The Morgan fingerprint density at radius 2 is 1.07 bits per heavy atom. The molecular weight excluding hydrogens is 705 g/mol. The summed E-state index contributed by atoms with van der Waals surface area (Å²) in [7, 11) is 0. The highest BCUT2D eigenvalue weighted by atomic mass is 16.5. The lowest BCUT2D eigenvalue weighted by Gasteiger charge is -2.32. The fraction of sp³-hybridized carbons (Fsp3) is 0.179. The Kier molecular flexibility index (Phi) is 6.75. The average Bonchev–Trinajstić information content (AvgIpc) is 3.22. The zero-order valence-corrected chi connectivity index (χ0v) is 33.9. The summed E-state index contributed by atoms with van der Waals surface area (Å²) in [6.07, 6.45) is 5.42. The molecule has 58 heavy (non-hydrogen) atoms. The van der Waals surface area contributed by atoms with Crippen molar-refractivity contribution in [3.8, 4) is 61.8 Å². The molecule has 0 aromatic heterocycles. The zero-order chi connectivity index (χ0) is 39.2. The van der Waals surface area contributed by atoms with Crippen LogP contribution in [0.25, 0.3) is 93.7 Å². The van der Waals surface area contributed by atoms with Crippen LogP contribution >= 0.6 is 0 Å². The monoisotopic (exact) mass is 748 g/mol. The molecule has 0 saturated heterocycles. The van der Waals surface area contributed by atoms with Crippen LogP contribution in [-0.4, -0.2) is 0 Å². The largest absolute Gasteiger partial charge is 0.485 e. The van der Waals surface area contributed by atoms with Crippen molar-refractivity contribution in [3.05, 3.63) is 156 Å². The van der Waals surface area contributed by atoms with Gasteiger partial charge in [-0.2, -0.15) is 0 Å². The first-order chi connectivity index (χ1) is 28.0. The first-order valence-electron chi connectivity index (χ1n) is 20.8.